The van der Waals surface area contributed by atoms with Crippen molar-refractivity contribution in [3.8, 4) is 16.6 Å². The summed E-state index contributed by atoms with van der Waals surface area (Å²) >= 11 is 7.65. The molecule has 1 saturated heterocycles. The lowest BCUT2D eigenvalue weighted by Gasteiger charge is -2.29. The molecule has 5 atom stereocenters. The Balaban J connectivity index is 1.11. The van der Waals surface area contributed by atoms with E-state index in [9.17, 15) is 27.6 Å². The van der Waals surface area contributed by atoms with E-state index in [0.29, 0.717) is 55.1 Å². The topological polar surface area (TPSA) is 167 Å². The second-order valence-corrected chi connectivity index (χ2v) is 23.5. The summed E-state index contributed by atoms with van der Waals surface area (Å²) in [5.41, 5.74) is 2.39. The van der Waals surface area contributed by atoms with Crippen LogP contribution in [0, 0.1) is 17.3 Å². The van der Waals surface area contributed by atoms with Gasteiger partial charge in [-0.3, -0.25) is 28.5 Å². The summed E-state index contributed by atoms with van der Waals surface area (Å²) in [6, 6.07) is 12.9. The van der Waals surface area contributed by atoms with Crippen LogP contribution in [0.3, 0.4) is 0 Å². The first-order valence-corrected chi connectivity index (χ1v) is 25.7. The molecule has 2 aromatic heterocycles. The number of carbonyl (C=O) groups excluding carboxylic acids is 4. The third-order valence-corrected chi connectivity index (χ3v) is 16.7. The van der Waals surface area contributed by atoms with Gasteiger partial charge in [0.2, 0.25) is 21.8 Å². The van der Waals surface area contributed by atoms with Gasteiger partial charge in [-0.2, -0.15) is 4.98 Å². The lowest BCUT2D eigenvalue weighted by Crippen LogP contribution is -2.47. The summed E-state index contributed by atoms with van der Waals surface area (Å²) < 4.78 is 42.5. The average molecular weight is 947 g/mol. The summed E-state index contributed by atoms with van der Waals surface area (Å²) in [5, 5.41) is 3.53. The van der Waals surface area contributed by atoms with Crippen molar-refractivity contribution < 1.29 is 37.1 Å². The fraction of sp³-hybridized carbons (Fsp3) is 0.551. The fourth-order valence-electron chi connectivity index (χ4n) is 9.33. The van der Waals surface area contributed by atoms with Crippen LogP contribution in [0.1, 0.15) is 129 Å². The maximum atomic E-state index is 14.9. The van der Waals surface area contributed by atoms with Crippen molar-refractivity contribution >= 4 is 67.6 Å². The SMILES string of the molecule is CC(C)n1c(O[C@@H]2C[C@H]3C(=O)C[C@]4(C(=O)NS(=O)(=O)C5(C)CC5)C[C@H]4/C=C\CCCCC[C@H](CC(=O)OC(C)(C)C)C(=O)N3C2)nc2c(-c3nc(Cc4ccc(Cl)cc4)cs3)cccc21. The van der Waals surface area contributed by atoms with Gasteiger partial charge in [0.05, 0.1) is 40.4 Å². The van der Waals surface area contributed by atoms with Crippen molar-refractivity contribution in [2.45, 2.75) is 147 Å². The number of aromatic nitrogens is 3. The van der Waals surface area contributed by atoms with Crippen LogP contribution in [0.2, 0.25) is 5.02 Å². The van der Waals surface area contributed by atoms with Crippen molar-refractivity contribution in [1.29, 1.82) is 0 Å². The van der Waals surface area contributed by atoms with Crippen molar-refractivity contribution in [3.63, 3.8) is 0 Å². The second-order valence-electron chi connectivity index (χ2n) is 20.0. The Morgan fingerprint density at radius 3 is 2.51 bits per heavy atom. The number of esters is 1. The summed E-state index contributed by atoms with van der Waals surface area (Å²) in [6.45, 7) is 11.1. The highest BCUT2D eigenvalue weighted by Gasteiger charge is 2.62. The summed E-state index contributed by atoms with van der Waals surface area (Å²) in [4.78, 5) is 68.7. The molecule has 2 saturated carbocycles. The number of sulfonamides is 1. The van der Waals surface area contributed by atoms with E-state index in [4.69, 9.17) is 31.0 Å². The third-order valence-electron chi connectivity index (χ3n) is 13.4. The van der Waals surface area contributed by atoms with Crippen molar-refractivity contribution in [3.05, 3.63) is 76.3 Å². The monoisotopic (exact) mass is 945 g/mol. The van der Waals surface area contributed by atoms with Gasteiger partial charge in [0.25, 0.3) is 6.01 Å². The molecule has 4 aliphatic rings. The Morgan fingerprint density at radius 1 is 1.05 bits per heavy atom. The van der Waals surface area contributed by atoms with Crippen molar-refractivity contribution in [2.75, 3.05) is 6.54 Å². The standard InChI is InChI=1S/C49H60ClN5O8S2/c1-30(2)55-38-16-12-15-37(43-51-35(29-64-43)23-31-17-19-34(50)20-18-31)42(38)52-46(55)62-36-25-39-40(56)27-49(45(59)53-65(60,61)48(6)21-22-48)26-33(49)14-11-9-7-8-10-13-32(44(58)54(39)28-36)24-41(57)63-47(3,4)5/h11-12,14-20,29-30,32-33,36,39H,7-10,13,21-28H2,1-6H3,(H,53,59)/b14-11-/t32-,33-,36-,39+,49-/m1/s1. The van der Waals surface area contributed by atoms with Crippen LogP contribution in [0.5, 0.6) is 6.01 Å². The van der Waals surface area contributed by atoms with Crippen LogP contribution < -0.4 is 9.46 Å². The Labute approximate surface area is 390 Å². The lowest BCUT2D eigenvalue weighted by atomic mass is 9.90. The molecule has 8 rings (SSSR count). The number of fused-ring (bicyclic) bond motifs is 3. The van der Waals surface area contributed by atoms with Crippen LogP contribution in [-0.4, -0.2) is 80.5 Å². The number of thiazole rings is 1. The minimum absolute atomic E-state index is 0.0457. The summed E-state index contributed by atoms with van der Waals surface area (Å²) in [7, 11) is -3.97. The minimum Gasteiger partial charge on any atom is -0.460 e. The number of carbonyl (C=O) groups is 4. The lowest BCUT2D eigenvalue weighted by molar-refractivity contribution is -0.159. The van der Waals surface area contributed by atoms with Gasteiger partial charge in [-0.25, -0.2) is 13.4 Å². The number of hydrogen-bond acceptors (Lipinski definition) is 11. The first-order chi connectivity index (χ1) is 30.8. The maximum Gasteiger partial charge on any atom is 0.307 e. The zero-order valence-electron chi connectivity index (χ0n) is 38.1. The van der Waals surface area contributed by atoms with Crippen LogP contribution in [0.25, 0.3) is 21.6 Å². The number of imidazole rings is 1. The minimum atomic E-state index is -3.97. The van der Waals surface area contributed by atoms with Gasteiger partial charge in [0.1, 0.15) is 22.2 Å². The molecule has 2 aliphatic carbocycles. The van der Waals surface area contributed by atoms with E-state index in [0.717, 1.165) is 46.6 Å². The number of para-hydroxylation sites is 1. The summed E-state index contributed by atoms with van der Waals surface area (Å²) in [5.74, 6) is -2.95. The van der Waals surface area contributed by atoms with Gasteiger partial charge in [-0.1, -0.05) is 54.8 Å². The van der Waals surface area contributed by atoms with E-state index < -0.39 is 55.7 Å². The molecule has 2 amide bonds. The predicted octanol–water partition coefficient (Wildman–Crippen LogP) is 9.17. The Hall–Kier alpha value is -4.60. The molecule has 13 nitrogen and oxygen atoms in total. The number of halogens is 1. The highest BCUT2D eigenvalue weighted by Crippen LogP contribution is 2.58. The fourth-order valence-corrected chi connectivity index (χ4v) is 11.6. The maximum absolute atomic E-state index is 14.9. The van der Waals surface area contributed by atoms with E-state index in [-0.39, 0.29) is 49.5 Å². The van der Waals surface area contributed by atoms with Gasteiger partial charge in [0, 0.05) is 47.2 Å². The number of ether oxygens (including phenoxy) is 2. The molecule has 16 heteroatoms. The number of benzene rings is 2. The Bertz CT molecular complexity index is 2610. The normalized spacial score (nSPS) is 25.3. The van der Waals surface area contributed by atoms with Gasteiger partial charge >= 0.3 is 5.97 Å². The largest absolute Gasteiger partial charge is 0.460 e. The molecular weight excluding hydrogens is 886 g/mol. The van der Waals surface area contributed by atoms with E-state index in [1.54, 1.807) is 27.7 Å². The van der Waals surface area contributed by atoms with Gasteiger partial charge in [0.15, 0.2) is 5.78 Å². The molecule has 1 N–H and O–H groups in total. The third kappa shape index (κ3) is 10.2. The van der Waals surface area contributed by atoms with E-state index in [1.165, 1.54) is 16.2 Å². The molecule has 2 aliphatic heterocycles. The van der Waals surface area contributed by atoms with Crippen LogP contribution in [0.15, 0.2) is 60.0 Å². The molecule has 4 heterocycles. The number of hydrogen-bond donors (Lipinski definition) is 1. The van der Waals surface area contributed by atoms with Crippen molar-refractivity contribution in [1.82, 2.24) is 24.2 Å². The molecule has 3 fully saturated rings. The number of rotatable bonds is 11. The summed E-state index contributed by atoms with van der Waals surface area (Å²) in [6.07, 6.45) is 8.37. The Morgan fingerprint density at radius 2 is 1.80 bits per heavy atom. The quantitative estimate of drug-likeness (QED) is 0.113. The predicted molar refractivity (Wildman–Crippen MR) is 251 cm³/mol. The molecule has 0 bridgehead atoms. The number of amides is 2. The van der Waals surface area contributed by atoms with Gasteiger partial charge < -0.3 is 14.4 Å². The number of Topliss-reactive ketones (excluding diaryl/α,β-unsaturated/α-hetero) is 1. The molecule has 0 spiro atoms. The molecule has 2 aromatic carbocycles. The smallest absolute Gasteiger partial charge is 0.307 e. The first kappa shape index (κ1) is 46.9. The molecule has 348 valence electrons. The molecule has 4 aromatic rings. The average Bonchev–Trinajstić information content (AvgIpc) is 3.92. The van der Waals surface area contributed by atoms with Crippen molar-refractivity contribution in [2.24, 2.45) is 17.3 Å². The number of nitrogens with one attached hydrogen (secondary N) is 1. The van der Waals surface area contributed by atoms with Gasteiger partial charge in [-0.15, -0.1) is 11.3 Å². The van der Waals surface area contributed by atoms with E-state index in [2.05, 4.69) is 4.72 Å². The Kier molecular flexibility index (Phi) is 13.2. The second kappa shape index (κ2) is 18.2. The molecule has 0 radical (unpaired) electrons. The molecule has 0 unspecified atom stereocenters. The highest BCUT2D eigenvalue weighted by atomic mass is 35.5. The van der Waals surface area contributed by atoms with Crippen LogP contribution in [0.4, 0.5) is 0 Å². The van der Waals surface area contributed by atoms with Crippen LogP contribution >= 0.6 is 22.9 Å². The van der Waals surface area contributed by atoms with E-state index >= 15 is 0 Å². The number of ketones is 1. The van der Waals surface area contributed by atoms with Gasteiger partial charge in [-0.05, 0) is 116 Å². The number of nitrogens with zero attached hydrogens (tertiary/aromatic N) is 4. The van der Waals surface area contributed by atoms with Crippen LogP contribution in [-0.2, 0) is 40.4 Å². The zero-order valence-corrected chi connectivity index (χ0v) is 40.5. The first-order valence-electron chi connectivity index (χ1n) is 22.9. The molecular formula is C49H60ClN5O8S2. The zero-order chi connectivity index (χ0) is 46.5. The molecule has 65 heavy (non-hydrogen) atoms. The van der Waals surface area contributed by atoms with E-state index in [1.807, 2.05) is 78.4 Å². The number of allylic oxidation sites excluding steroid dienone is 2. The highest BCUT2D eigenvalue weighted by molar-refractivity contribution is 7.91.